The molecule has 0 radical (unpaired) electrons. The largest absolute Gasteiger partial charge is 0.397 e. The van der Waals surface area contributed by atoms with Crippen molar-refractivity contribution >= 4 is 23.0 Å². The summed E-state index contributed by atoms with van der Waals surface area (Å²) in [5.74, 6) is 0.360. The van der Waals surface area contributed by atoms with Crippen LogP contribution in [-0.2, 0) is 13.1 Å². The average molecular weight is 268 g/mol. The zero-order valence-corrected chi connectivity index (χ0v) is 10.2. The molecule has 0 bridgehead atoms. The molecular weight excluding hydrogens is 257 g/mol. The lowest BCUT2D eigenvalue weighted by molar-refractivity contribution is 0.560. The summed E-state index contributed by atoms with van der Waals surface area (Å²) < 4.78 is 15.2. The Morgan fingerprint density at radius 1 is 1.33 bits per heavy atom. The van der Waals surface area contributed by atoms with E-state index >= 15 is 0 Å². The first-order valence-corrected chi connectivity index (χ1v) is 5.89. The van der Waals surface area contributed by atoms with Gasteiger partial charge in [-0.2, -0.15) is 0 Å². The monoisotopic (exact) mass is 267 g/mol. The number of hydrogen-bond donors (Lipinski definition) is 1. The zero-order valence-electron chi connectivity index (χ0n) is 9.48. The number of nitrogens with two attached hydrogens (primary N) is 1. The number of rotatable bonds is 1. The molecule has 1 aromatic carbocycles. The lowest BCUT2D eigenvalue weighted by Gasteiger charge is -2.30. The Bertz CT molecular complexity index is 597. The van der Waals surface area contributed by atoms with Gasteiger partial charge in [-0.3, -0.25) is 0 Å². The van der Waals surface area contributed by atoms with Crippen LogP contribution in [0, 0.1) is 5.82 Å². The summed E-state index contributed by atoms with van der Waals surface area (Å²) in [6, 6.07) is 2.80. The first kappa shape index (κ1) is 11.3. The summed E-state index contributed by atoms with van der Waals surface area (Å²) in [5, 5.41) is 7.96. The smallest absolute Gasteiger partial charge is 0.152 e. The molecule has 0 atom stereocenters. The van der Waals surface area contributed by atoms with Gasteiger partial charge in [0.25, 0.3) is 0 Å². The third-order valence-electron chi connectivity index (χ3n) is 3.05. The average Bonchev–Trinajstić information content (AvgIpc) is 2.80. The van der Waals surface area contributed by atoms with Crippen molar-refractivity contribution in [3.8, 4) is 0 Å². The molecule has 0 amide bonds. The molecule has 0 saturated carbocycles. The Balaban J connectivity index is 1.95. The fourth-order valence-corrected chi connectivity index (χ4v) is 2.26. The second kappa shape index (κ2) is 4.13. The Labute approximate surface area is 108 Å². The summed E-state index contributed by atoms with van der Waals surface area (Å²) >= 11 is 5.79. The molecule has 0 fully saturated rings. The highest BCUT2D eigenvalue weighted by molar-refractivity contribution is 6.31. The van der Waals surface area contributed by atoms with Gasteiger partial charge in [0.15, 0.2) is 5.82 Å². The van der Waals surface area contributed by atoms with Crippen molar-refractivity contribution in [2.24, 2.45) is 0 Å². The summed E-state index contributed by atoms with van der Waals surface area (Å²) in [6.07, 6.45) is 1.70. The van der Waals surface area contributed by atoms with Gasteiger partial charge in [0.05, 0.1) is 22.9 Å². The maximum Gasteiger partial charge on any atom is 0.152 e. The third-order valence-corrected chi connectivity index (χ3v) is 3.34. The van der Waals surface area contributed by atoms with Crippen molar-refractivity contribution in [1.29, 1.82) is 0 Å². The predicted octanol–water partition coefficient (Wildman–Crippen LogP) is 1.67. The minimum absolute atomic E-state index is 0.0752. The predicted molar refractivity (Wildman–Crippen MR) is 66.9 cm³/mol. The normalized spacial score (nSPS) is 14.7. The van der Waals surface area contributed by atoms with Gasteiger partial charge in [-0.05, 0) is 6.07 Å². The van der Waals surface area contributed by atoms with Crippen LogP contribution in [0.25, 0.3) is 0 Å². The third kappa shape index (κ3) is 1.78. The van der Waals surface area contributed by atoms with E-state index in [1.54, 1.807) is 12.4 Å². The van der Waals surface area contributed by atoms with E-state index in [9.17, 15) is 4.39 Å². The van der Waals surface area contributed by atoms with Crippen molar-refractivity contribution in [2.75, 3.05) is 17.2 Å². The SMILES string of the molecule is Nc1cc(F)c(Cl)cc1N1CCn2cnnc2C1. The Morgan fingerprint density at radius 3 is 3.00 bits per heavy atom. The molecule has 0 spiro atoms. The highest BCUT2D eigenvalue weighted by Crippen LogP contribution is 2.31. The van der Waals surface area contributed by atoms with Gasteiger partial charge in [0.2, 0.25) is 0 Å². The van der Waals surface area contributed by atoms with E-state index in [4.69, 9.17) is 17.3 Å². The first-order chi connectivity index (χ1) is 8.65. The molecule has 0 unspecified atom stereocenters. The van der Waals surface area contributed by atoms with Crippen molar-refractivity contribution in [2.45, 2.75) is 13.1 Å². The highest BCUT2D eigenvalue weighted by atomic mass is 35.5. The summed E-state index contributed by atoms with van der Waals surface area (Å²) in [4.78, 5) is 2.02. The molecule has 7 heteroatoms. The van der Waals surface area contributed by atoms with Crippen LogP contribution in [0.15, 0.2) is 18.5 Å². The number of nitrogens with zero attached hydrogens (tertiary/aromatic N) is 4. The van der Waals surface area contributed by atoms with Crippen LogP contribution in [0.4, 0.5) is 15.8 Å². The fourth-order valence-electron chi connectivity index (χ4n) is 2.10. The Kier molecular flexibility index (Phi) is 2.59. The lowest BCUT2D eigenvalue weighted by atomic mass is 10.2. The first-order valence-electron chi connectivity index (χ1n) is 5.51. The van der Waals surface area contributed by atoms with Crippen molar-refractivity contribution in [1.82, 2.24) is 14.8 Å². The number of fused-ring (bicyclic) bond motifs is 1. The van der Waals surface area contributed by atoms with Crippen LogP contribution >= 0.6 is 11.6 Å². The van der Waals surface area contributed by atoms with Crippen molar-refractivity contribution < 1.29 is 4.39 Å². The highest BCUT2D eigenvalue weighted by Gasteiger charge is 2.20. The Hall–Kier alpha value is -1.82. The lowest BCUT2D eigenvalue weighted by Crippen LogP contribution is -2.34. The number of benzene rings is 1. The molecule has 1 aliphatic rings. The van der Waals surface area contributed by atoms with Gasteiger partial charge >= 0.3 is 0 Å². The number of hydrogen-bond acceptors (Lipinski definition) is 4. The van der Waals surface area contributed by atoms with Crippen LogP contribution in [0.3, 0.4) is 0 Å². The van der Waals surface area contributed by atoms with Crippen LogP contribution in [0.1, 0.15) is 5.82 Å². The molecule has 5 nitrogen and oxygen atoms in total. The second-order valence-corrected chi connectivity index (χ2v) is 4.59. The zero-order chi connectivity index (χ0) is 12.7. The Morgan fingerprint density at radius 2 is 2.17 bits per heavy atom. The molecule has 1 aromatic heterocycles. The van der Waals surface area contributed by atoms with Crippen LogP contribution in [-0.4, -0.2) is 21.3 Å². The topological polar surface area (TPSA) is 60.0 Å². The number of anilines is 2. The van der Waals surface area contributed by atoms with Gasteiger partial charge in [-0.15, -0.1) is 10.2 Å². The van der Waals surface area contributed by atoms with Crippen LogP contribution in [0.2, 0.25) is 5.02 Å². The van der Waals surface area contributed by atoms with Gasteiger partial charge in [0, 0.05) is 19.2 Å². The molecule has 1 aliphatic heterocycles. The summed E-state index contributed by atoms with van der Waals surface area (Å²) in [5.41, 5.74) is 6.94. The molecule has 0 aliphatic carbocycles. The van der Waals surface area contributed by atoms with Crippen LogP contribution < -0.4 is 10.6 Å². The van der Waals surface area contributed by atoms with Crippen molar-refractivity contribution in [3.63, 3.8) is 0 Å². The second-order valence-electron chi connectivity index (χ2n) is 4.19. The number of aromatic nitrogens is 3. The summed E-state index contributed by atoms with van der Waals surface area (Å²) in [7, 11) is 0. The minimum atomic E-state index is -0.502. The van der Waals surface area contributed by atoms with Gasteiger partial charge in [-0.1, -0.05) is 11.6 Å². The van der Waals surface area contributed by atoms with E-state index < -0.39 is 5.82 Å². The van der Waals surface area contributed by atoms with Gasteiger partial charge in [0.1, 0.15) is 12.1 Å². The van der Waals surface area contributed by atoms with Crippen molar-refractivity contribution in [3.05, 3.63) is 35.1 Å². The molecule has 2 N–H and O–H groups in total. The number of nitrogen functional groups attached to an aromatic ring is 1. The molecule has 18 heavy (non-hydrogen) atoms. The van der Waals surface area contributed by atoms with E-state index in [2.05, 4.69) is 10.2 Å². The maximum atomic E-state index is 13.3. The quantitative estimate of drug-likeness (QED) is 0.799. The van der Waals surface area contributed by atoms with Crippen LogP contribution in [0.5, 0.6) is 0 Å². The van der Waals surface area contributed by atoms with E-state index in [0.717, 1.165) is 24.6 Å². The van der Waals surface area contributed by atoms with E-state index in [0.29, 0.717) is 12.2 Å². The minimum Gasteiger partial charge on any atom is -0.397 e. The summed E-state index contributed by atoms with van der Waals surface area (Å²) in [6.45, 7) is 2.13. The maximum absolute atomic E-state index is 13.3. The standard InChI is InChI=1S/C11H11ClFN5/c12-7-3-10(9(14)4-8(7)13)17-1-2-18-6-15-16-11(18)5-17/h3-4,6H,1-2,5,14H2. The van der Waals surface area contributed by atoms with E-state index in [1.165, 1.54) is 6.07 Å². The molecule has 2 aromatic rings. The molecular formula is C11H11ClFN5. The molecule has 2 heterocycles. The molecule has 94 valence electrons. The molecule has 3 rings (SSSR count). The van der Waals surface area contributed by atoms with E-state index in [-0.39, 0.29) is 5.02 Å². The number of halogens is 2. The van der Waals surface area contributed by atoms with Gasteiger partial charge in [-0.25, -0.2) is 4.39 Å². The fraction of sp³-hybridized carbons (Fsp3) is 0.273. The van der Waals surface area contributed by atoms with E-state index in [1.807, 2.05) is 9.47 Å². The van der Waals surface area contributed by atoms with Gasteiger partial charge < -0.3 is 15.2 Å². The molecule has 0 saturated heterocycles.